The summed E-state index contributed by atoms with van der Waals surface area (Å²) in [6.07, 6.45) is 5.32. The molecular weight excluding hydrogens is 138 g/mol. The molecule has 1 unspecified atom stereocenters. The maximum absolute atomic E-state index is 10.7. The van der Waals surface area contributed by atoms with Crippen molar-refractivity contribution in [1.29, 1.82) is 0 Å². The number of allylic oxidation sites excluding steroid dienone is 1. The van der Waals surface area contributed by atoms with Crippen LogP contribution in [-0.2, 0) is 4.79 Å². The fraction of sp³-hybridized carbons (Fsp3) is 0.667. The third-order valence-electron chi connectivity index (χ3n) is 1.73. The van der Waals surface area contributed by atoms with Crippen molar-refractivity contribution in [2.75, 3.05) is 0 Å². The van der Waals surface area contributed by atoms with Crippen LogP contribution in [0.5, 0.6) is 0 Å². The smallest absolute Gasteiger partial charge is 0.241 e. The summed E-state index contributed by atoms with van der Waals surface area (Å²) in [6.45, 7) is 5.64. The number of hydrogen-bond donors (Lipinski definition) is 0. The quantitative estimate of drug-likeness (QED) is 0.540. The average molecular weight is 154 g/mol. The molecule has 0 spiro atoms. The molecule has 0 aromatic carbocycles. The molecule has 63 valence electrons. The van der Waals surface area contributed by atoms with Crippen molar-refractivity contribution in [3.63, 3.8) is 0 Å². The van der Waals surface area contributed by atoms with E-state index < -0.39 is 5.91 Å². The second-order valence-corrected chi connectivity index (χ2v) is 2.73. The van der Waals surface area contributed by atoms with E-state index in [1.807, 2.05) is 0 Å². The van der Waals surface area contributed by atoms with Gasteiger partial charge in [-0.1, -0.05) is 25.8 Å². The molecule has 1 radical (unpaired) electrons. The van der Waals surface area contributed by atoms with Crippen LogP contribution in [0, 0.1) is 5.92 Å². The summed E-state index contributed by atoms with van der Waals surface area (Å²) in [5.74, 6) is -0.550. The number of carbonyl (C=O) groups excluding carboxylic acids is 1. The van der Waals surface area contributed by atoms with Gasteiger partial charge in [-0.25, -0.2) is 0 Å². The number of nitrogens with one attached hydrogen (secondary N) is 1. The van der Waals surface area contributed by atoms with E-state index in [4.69, 9.17) is 5.73 Å². The predicted molar refractivity (Wildman–Crippen MR) is 45.9 cm³/mol. The summed E-state index contributed by atoms with van der Waals surface area (Å²) < 4.78 is 0. The summed E-state index contributed by atoms with van der Waals surface area (Å²) in [5, 5.41) is 0. The Morgan fingerprint density at radius 1 is 1.73 bits per heavy atom. The van der Waals surface area contributed by atoms with Gasteiger partial charge in [0.25, 0.3) is 0 Å². The van der Waals surface area contributed by atoms with Crippen molar-refractivity contribution in [3.8, 4) is 0 Å². The highest BCUT2D eigenvalue weighted by atomic mass is 16.1. The van der Waals surface area contributed by atoms with Gasteiger partial charge in [0, 0.05) is 5.92 Å². The molecule has 2 heteroatoms. The van der Waals surface area contributed by atoms with E-state index in [9.17, 15) is 4.79 Å². The Bertz CT molecular complexity index is 132. The van der Waals surface area contributed by atoms with E-state index in [1.54, 1.807) is 6.08 Å². The Morgan fingerprint density at radius 2 is 2.36 bits per heavy atom. The van der Waals surface area contributed by atoms with Crippen LogP contribution in [-0.4, -0.2) is 5.91 Å². The highest BCUT2D eigenvalue weighted by Crippen LogP contribution is 2.12. The fourth-order valence-electron chi connectivity index (χ4n) is 1.01. The van der Waals surface area contributed by atoms with Crippen LogP contribution in [0.3, 0.4) is 0 Å². The van der Waals surface area contributed by atoms with Gasteiger partial charge in [-0.2, -0.15) is 0 Å². The van der Waals surface area contributed by atoms with Gasteiger partial charge >= 0.3 is 0 Å². The molecule has 0 aliphatic carbocycles. The Balaban J connectivity index is 3.69. The molecule has 0 aliphatic rings. The summed E-state index contributed by atoms with van der Waals surface area (Å²) in [5.41, 5.74) is 6.93. The second-order valence-electron chi connectivity index (χ2n) is 2.73. The van der Waals surface area contributed by atoms with Gasteiger partial charge in [0.15, 0.2) is 0 Å². The van der Waals surface area contributed by atoms with Gasteiger partial charge in [0.1, 0.15) is 0 Å². The standard InChI is InChI=1S/C9H16NO/c1-3-5-7-8(6-4-2)9(10)11/h4,8,10H,2-3,5-7H2,1H3. The predicted octanol–water partition coefficient (Wildman–Crippen LogP) is 2.18. The van der Waals surface area contributed by atoms with Crippen molar-refractivity contribution in [2.45, 2.75) is 32.6 Å². The van der Waals surface area contributed by atoms with E-state index in [-0.39, 0.29) is 5.92 Å². The van der Waals surface area contributed by atoms with Crippen molar-refractivity contribution in [3.05, 3.63) is 12.7 Å². The normalized spacial score (nSPS) is 12.5. The third-order valence-corrected chi connectivity index (χ3v) is 1.73. The number of unbranched alkanes of at least 4 members (excludes halogenated alkanes) is 1. The van der Waals surface area contributed by atoms with Crippen LogP contribution >= 0.6 is 0 Å². The maximum Gasteiger partial charge on any atom is 0.241 e. The van der Waals surface area contributed by atoms with Crippen molar-refractivity contribution in [2.24, 2.45) is 5.92 Å². The number of rotatable bonds is 6. The van der Waals surface area contributed by atoms with Gasteiger partial charge in [0.05, 0.1) is 0 Å². The Kier molecular flexibility index (Phi) is 5.53. The summed E-state index contributed by atoms with van der Waals surface area (Å²) in [6, 6.07) is 0. The first-order valence-corrected chi connectivity index (χ1v) is 4.08. The molecule has 1 N–H and O–H groups in total. The zero-order chi connectivity index (χ0) is 8.69. The van der Waals surface area contributed by atoms with Gasteiger partial charge in [-0.15, -0.1) is 6.58 Å². The minimum atomic E-state index is -0.446. The number of amides is 1. The summed E-state index contributed by atoms with van der Waals surface area (Å²) >= 11 is 0. The third kappa shape index (κ3) is 4.59. The molecule has 11 heavy (non-hydrogen) atoms. The maximum atomic E-state index is 10.7. The molecule has 0 saturated carbocycles. The van der Waals surface area contributed by atoms with Crippen molar-refractivity contribution >= 4 is 5.91 Å². The fourth-order valence-corrected chi connectivity index (χ4v) is 1.01. The zero-order valence-corrected chi connectivity index (χ0v) is 7.10. The van der Waals surface area contributed by atoms with E-state index in [2.05, 4.69) is 13.5 Å². The van der Waals surface area contributed by atoms with E-state index in [1.165, 1.54) is 0 Å². The molecule has 1 atom stereocenters. The molecule has 0 aromatic rings. The lowest BCUT2D eigenvalue weighted by Gasteiger charge is -2.07. The van der Waals surface area contributed by atoms with Crippen LogP contribution in [0.25, 0.3) is 0 Å². The summed E-state index contributed by atoms with van der Waals surface area (Å²) in [7, 11) is 0. The summed E-state index contributed by atoms with van der Waals surface area (Å²) in [4.78, 5) is 10.7. The molecule has 0 fully saturated rings. The second kappa shape index (κ2) is 5.96. The number of carbonyl (C=O) groups is 1. The minimum absolute atomic E-state index is 0.104. The average Bonchev–Trinajstić information content (AvgIpc) is 1.97. The monoisotopic (exact) mass is 154 g/mol. The van der Waals surface area contributed by atoms with Crippen molar-refractivity contribution in [1.82, 2.24) is 5.73 Å². The first-order chi connectivity index (χ1) is 5.22. The van der Waals surface area contributed by atoms with Crippen LogP contribution < -0.4 is 5.73 Å². The van der Waals surface area contributed by atoms with Gasteiger partial charge in [-0.05, 0) is 12.8 Å². The Labute approximate surface area is 68.5 Å². The minimum Gasteiger partial charge on any atom is -0.273 e. The van der Waals surface area contributed by atoms with Gasteiger partial charge < -0.3 is 0 Å². The molecule has 2 nitrogen and oxygen atoms in total. The van der Waals surface area contributed by atoms with Gasteiger partial charge in [-0.3, -0.25) is 10.5 Å². The largest absolute Gasteiger partial charge is 0.273 e. The van der Waals surface area contributed by atoms with Crippen molar-refractivity contribution < 1.29 is 4.79 Å². The lowest BCUT2D eigenvalue weighted by molar-refractivity contribution is -0.122. The van der Waals surface area contributed by atoms with Gasteiger partial charge in [0.2, 0.25) is 5.91 Å². The first-order valence-electron chi connectivity index (χ1n) is 4.08. The van der Waals surface area contributed by atoms with E-state index in [0.29, 0.717) is 6.42 Å². The van der Waals surface area contributed by atoms with Crippen LogP contribution in [0.2, 0.25) is 0 Å². The van der Waals surface area contributed by atoms with Crippen LogP contribution in [0.15, 0.2) is 12.7 Å². The first kappa shape index (κ1) is 10.2. The topological polar surface area (TPSA) is 40.9 Å². The SMILES string of the molecule is C=CCC(CCCC)C([NH])=O. The zero-order valence-electron chi connectivity index (χ0n) is 7.10. The molecule has 0 heterocycles. The molecule has 0 bridgehead atoms. The Hall–Kier alpha value is -0.790. The van der Waals surface area contributed by atoms with Crippen LogP contribution in [0.4, 0.5) is 0 Å². The van der Waals surface area contributed by atoms with Crippen LogP contribution in [0.1, 0.15) is 32.6 Å². The van der Waals surface area contributed by atoms with E-state index >= 15 is 0 Å². The highest BCUT2D eigenvalue weighted by Gasteiger charge is 2.12. The number of hydrogen-bond acceptors (Lipinski definition) is 1. The lowest BCUT2D eigenvalue weighted by Crippen LogP contribution is -2.14. The highest BCUT2D eigenvalue weighted by molar-refractivity contribution is 5.75. The van der Waals surface area contributed by atoms with E-state index in [0.717, 1.165) is 19.3 Å². The molecule has 0 saturated heterocycles. The lowest BCUT2D eigenvalue weighted by atomic mass is 9.98. The molecular formula is C9H16NO. The molecule has 0 aliphatic heterocycles. The Morgan fingerprint density at radius 3 is 2.73 bits per heavy atom. The molecule has 1 amide bonds. The molecule has 0 aromatic heterocycles. The molecule has 0 rings (SSSR count).